The molecule has 11 heteroatoms. The van der Waals surface area contributed by atoms with Crippen molar-refractivity contribution in [2.24, 2.45) is 5.92 Å². The molecule has 126 valence electrons. The molecule has 5 atom stereocenters. The van der Waals surface area contributed by atoms with Crippen LogP contribution < -0.4 is 11.3 Å². The summed E-state index contributed by atoms with van der Waals surface area (Å²) in [5.41, 5.74) is 5.65. The van der Waals surface area contributed by atoms with Gasteiger partial charge < -0.3 is 24.8 Å². The summed E-state index contributed by atoms with van der Waals surface area (Å²) in [6, 6.07) is 0. The van der Waals surface area contributed by atoms with Crippen LogP contribution in [0.25, 0.3) is 11.2 Å². The number of nitrogens with zero attached hydrogens (tertiary/aromatic N) is 3. The Hall–Kier alpha value is -1.58. The number of aromatic nitrogens is 4. The van der Waals surface area contributed by atoms with Crippen LogP contribution in [0, 0.1) is 5.92 Å². The van der Waals surface area contributed by atoms with Gasteiger partial charge in [0.2, 0.25) is 5.95 Å². The van der Waals surface area contributed by atoms with E-state index in [4.69, 9.17) is 19.7 Å². The Balaban J connectivity index is 2.07. The van der Waals surface area contributed by atoms with E-state index in [-0.39, 0.29) is 24.0 Å². The monoisotopic (exact) mass is 343 g/mol. The van der Waals surface area contributed by atoms with E-state index < -0.39 is 24.0 Å². The van der Waals surface area contributed by atoms with Gasteiger partial charge in [-0.15, -0.1) is 0 Å². The number of anilines is 1. The second kappa shape index (κ2) is 6.50. The number of nitrogens with one attached hydrogen (secondary N) is 1. The van der Waals surface area contributed by atoms with E-state index in [0.717, 1.165) is 0 Å². The first-order valence-electron chi connectivity index (χ1n) is 6.93. The summed E-state index contributed by atoms with van der Waals surface area (Å²) in [5, 5.41) is 9.50. The van der Waals surface area contributed by atoms with Gasteiger partial charge in [0.1, 0.15) is 12.3 Å². The molecule has 1 saturated heterocycles. The van der Waals surface area contributed by atoms with Crippen molar-refractivity contribution in [1.82, 2.24) is 19.5 Å². The molecule has 0 saturated carbocycles. The van der Waals surface area contributed by atoms with E-state index in [1.165, 1.54) is 6.33 Å². The minimum Gasteiger partial charge on any atom is -0.394 e. The molecular formula is C12H18N5O5P. The lowest BCUT2D eigenvalue weighted by Crippen LogP contribution is -2.32. The summed E-state index contributed by atoms with van der Waals surface area (Å²) in [6.07, 6.45) is -0.0308. The molecule has 0 amide bonds. The third-order valence-electron chi connectivity index (χ3n) is 3.89. The zero-order chi connectivity index (χ0) is 16.6. The van der Waals surface area contributed by atoms with Gasteiger partial charge in [-0.25, -0.2) is 4.98 Å². The number of aliphatic hydroxyl groups excluding tert-OH is 1. The van der Waals surface area contributed by atoms with E-state index in [9.17, 15) is 9.90 Å². The van der Waals surface area contributed by atoms with Crippen LogP contribution in [0.2, 0.25) is 0 Å². The minimum atomic E-state index is -0.559. The highest BCUT2D eigenvalue weighted by molar-refractivity contribution is 7.09. The molecule has 4 N–H and O–H groups in total. The van der Waals surface area contributed by atoms with Gasteiger partial charge in [-0.05, 0) is 0 Å². The average Bonchev–Trinajstić information content (AvgIpc) is 3.08. The molecular weight excluding hydrogens is 325 g/mol. The Morgan fingerprint density at radius 3 is 3.04 bits per heavy atom. The normalized spacial score (nSPS) is 27.8. The molecule has 0 aromatic carbocycles. The molecule has 1 aliphatic heterocycles. The van der Waals surface area contributed by atoms with Gasteiger partial charge in [0.25, 0.3) is 5.56 Å². The lowest BCUT2D eigenvalue weighted by atomic mass is 10.0. The van der Waals surface area contributed by atoms with Crippen LogP contribution in [0.15, 0.2) is 11.1 Å². The molecule has 10 nitrogen and oxygen atoms in total. The molecule has 1 aliphatic rings. The number of aliphatic hydroxyl groups is 1. The maximum absolute atomic E-state index is 11.9. The summed E-state index contributed by atoms with van der Waals surface area (Å²) >= 11 is 0. The van der Waals surface area contributed by atoms with Crippen LogP contribution in [-0.4, -0.2) is 57.2 Å². The summed E-state index contributed by atoms with van der Waals surface area (Å²) in [6.45, 7) is 0.122. The molecule has 0 bridgehead atoms. The van der Waals surface area contributed by atoms with Crippen molar-refractivity contribution in [1.29, 1.82) is 0 Å². The second-order valence-corrected chi connectivity index (χ2v) is 5.51. The Labute approximate surface area is 133 Å². The Morgan fingerprint density at radius 1 is 1.61 bits per heavy atom. The highest BCUT2D eigenvalue weighted by Gasteiger charge is 2.46. The van der Waals surface area contributed by atoms with Gasteiger partial charge in [-0.3, -0.25) is 14.3 Å². The molecule has 0 radical (unpaired) electrons. The largest absolute Gasteiger partial charge is 0.394 e. The van der Waals surface area contributed by atoms with Gasteiger partial charge in [-0.2, -0.15) is 4.98 Å². The zero-order valence-electron chi connectivity index (χ0n) is 12.4. The van der Waals surface area contributed by atoms with E-state index in [0.29, 0.717) is 12.3 Å². The standard InChI is InChI=1S/C12H18N5O5P/c1-20-3-5-8(22-23)6(2-18)21-11(5)17-4-14-7-9(17)15-12(13)16-10(7)19/h4-6,8,11,18H,2-3,23H2,1H3,(H3,13,15,16,19). The highest BCUT2D eigenvalue weighted by Crippen LogP contribution is 2.38. The number of nitrogens with two attached hydrogens (primary N) is 1. The first-order chi connectivity index (χ1) is 11.1. The van der Waals surface area contributed by atoms with Crippen LogP contribution in [-0.2, 0) is 14.0 Å². The van der Waals surface area contributed by atoms with Gasteiger partial charge >= 0.3 is 0 Å². The SMILES string of the molecule is COCC1C(OP)C(CO)OC1n1cnc2c(=O)[nH]c(N)nc21. The number of ether oxygens (including phenoxy) is 2. The number of fused-ring (bicyclic) bond motifs is 1. The van der Waals surface area contributed by atoms with E-state index in [1.807, 2.05) is 0 Å². The molecule has 23 heavy (non-hydrogen) atoms. The van der Waals surface area contributed by atoms with Crippen LogP contribution in [0.3, 0.4) is 0 Å². The fraction of sp³-hybridized carbons (Fsp3) is 0.583. The third kappa shape index (κ3) is 2.73. The van der Waals surface area contributed by atoms with Crippen molar-refractivity contribution in [3.63, 3.8) is 0 Å². The highest BCUT2D eigenvalue weighted by atomic mass is 31.0. The molecule has 1 fully saturated rings. The Kier molecular flexibility index (Phi) is 4.60. The van der Waals surface area contributed by atoms with Crippen LogP contribution in [0.4, 0.5) is 5.95 Å². The molecule has 0 spiro atoms. The topological polar surface area (TPSA) is 138 Å². The maximum Gasteiger partial charge on any atom is 0.280 e. The quantitative estimate of drug-likeness (QED) is 0.590. The second-order valence-electron chi connectivity index (χ2n) is 5.24. The first-order valence-corrected chi connectivity index (χ1v) is 7.41. The Bertz CT molecular complexity index is 749. The van der Waals surface area contributed by atoms with Crippen molar-refractivity contribution >= 4 is 26.6 Å². The fourth-order valence-electron chi connectivity index (χ4n) is 2.90. The molecule has 3 heterocycles. The number of rotatable bonds is 5. The molecule has 5 unspecified atom stereocenters. The van der Waals surface area contributed by atoms with E-state index in [2.05, 4.69) is 24.4 Å². The van der Waals surface area contributed by atoms with Crippen molar-refractivity contribution < 1.29 is 19.1 Å². The van der Waals surface area contributed by atoms with Gasteiger partial charge in [0.15, 0.2) is 11.2 Å². The average molecular weight is 343 g/mol. The van der Waals surface area contributed by atoms with E-state index in [1.54, 1.807) is 11.7 Å². The van der Waals surface area contributed by atoms with Crippen molar-refractivity contribution in [2.75, 3.05) is 26.1 Å². The summed E-state index contributed by atoms with van der Waals surface area (Å²) in [5.74, 6) is -0.238. The zero-order valence-corrected chi connectivity index (χ0v) is 13.5. The summed E-state index contributed by atoms with van der Waals surface area (Å²) < 4.78 is 18.1. The smallest absolute Gasteiger partial charge is 0.280 e. The molecule has 3 rings (SSSR count). The first kappa shape index (κ1) is 16.3. The predicted molar refractivity (Wildman–Crippen MR) is 83.5 cm³/mol. The lowest BCUT2D eigenvalue weighted by Gasteiger charge is -2.22. The van der Waals surface area contributed by atoms with Crippen molar-refractivity contribution in [3.8, 4) is 0 Å². The third-order valence-corrected chi connectivity index (χ3v) is 4.20. The molecule has 2 aromatic rings. The summed E-state index contributed by atoms with van der Waals surface area (Å²) in [4.78, 5) is 22.5. The minimum absolute atomic E-state index is 0.0110. The number of hydrogen-bond acceptors (Lipinski definition) is 8. The van der Waals surface area contributed by atoms with Gasteiger partial charge in [0, 0.05) is 16.6 Å². The number of hydrogen-bond donors (Lipinski definition) is 3. The van der Waals surface area contributed by atoms with Gasteiger partial charge in [-0.1, -0.05) is 0 Å². The maximum atomic E-state index is 11.9. The fourth-order valence-corrected chi connectivity index (χ4v) is 3.28. The molecule has 0 aliphatic carbocycles. The number of aromatic amines is 1. The Morgan fingerprint density at radius 2 is 2.39 bits per heavy atom. The number of imidazole rings is 1. The molecule has 2 aromatic heterocycles. The van der Waals surface area contributed by atoms with Crippen LogP contribution >= 0.6 is 9.47 Å². The number of nitrogen functional groups attached to an aromatic ring is 1. The van der Waals surface area contributed by atoms with Gasteiger partial charge in [0.05, 0.1) is 31.6 Å². The van der Waals surface area contributed by atoms with Crippen molar-refractivity contribution in [2.45, 2.75) is 18.4 Å². The van der Waals surface area contributed by atoms with Crippen LogP contribution in [0.1, 0.15) is 6.23 Å². The van der Waals surface area contributed by atoms with Crippen molar-refractivity contribution in [3.05, 3.63) is 16.7 Å². The lowest BCUT2D eigenvalue weighted by molar-refractivity contribution is -0.0441. The predicted octanol–water partition coefficient (Wildman–Crippen LogP) is -0.971. The van der Waals surface area contributed by atoms with Crippen LogP contribution in [0.5, 0.6) is 0 Å². The summed E-state index contributed by atoms with van der Waals surface area (Å²) in [7, 11) is 3.75. The number of methoxy groups -OCH3 is 1. The number of H-pyrrole nitrogens is 1. The van der Waals surface area contributed by atoms with E-state index >= 15 is 0 Å².